The number of hydrogen-bond acceptors (Lipinski definition) is 6. The lowest BCUT2D eigenvalue weighted by Gasteiger charge is -2.31. The number of fused-ring (bicyclic) bond motifs is 1. The van der Waals surface area contributed by atoms with Crippen LogP contribution in [0.25, 0.3) is 28.3 Å². The van der Waals surface area contributed by atoms with Crippen LogP contribution in [0.3, 0.4) is 0 Å². The number of aryl methyl sites for hydroxylation is 1. The second-order valence-electron chi connectivity index (χ2n) is 10.2. The molecule has 13 heteroatoms. The Balaban J connectivity index is 1.37. The van der Waals surface area contributed by atoms with Crippen molar-refractivity contribution in [3.05, 3.63) is 82.9 Å². The standard InChI is InChI=1S/C30H26F5N5O3/c1-17-21-12-20(23-5-4-19(15-37-23)28(42)40-10-8-29(31,32)9-11-40)13-22(30(33,34)35)27(21)43-24(17)16-39-26(41)7-3-18-2-6-25(36)38-14-18/h2-7,12-15H,8-11,16H2,1H3,(H2,36,38)(H,39,41)/b7-3+. The third kappa shape index (κ3) is 6.65. The molecule has 2 amide bonds. The first-order chi connectivity index (χ1) is 20.3. The zero-order valence-corrected chi connectivity index (χ0v) is 22.8. The van der Waals surface area contributed by atoms with Crippen molar-refractivity contribution in [3.63, 3.8) is 0 Å². The molecule has 0 spiro atoms. The van der Waals surface area contributed by atoms with Crippen LogP contribution in [0.2, 0.25) is 0 Å². The second kappa shape index (κ2) is 11.5. The minimum Gasteiger partial charge on any atom is -0.458 e. The number of benzene rings is 1. The molecule has 0 aliphatic carbocycles. The summed E-state index contributed by atoms with van der Waals surface area (Å²) in [5.74, 6) is -3.30. The molecule has 0 atom stereocenters. The molecule has 8 nitrogen and oxygen atoms in total. The molecule has 1 aliphatic heterocycles. The lowest BCUT2D eigenvalue weighted by molar-refractivity contribution is -0.136. The van der Waals surface area contributed by atoms with Gasteiger partial charge in [-0.25, -0.2) is 13.8 Å². The number of aromatic nitrogens is 2. The van der Waals surface area contributed by atoms with Crippen molar-refractivity contribution in [1.82, 2.24) is 20.2 Å². The summed E-state index contributed by atoms with van der Waals surface area (Å²) in [6.45, 7) is 1.23. The fourth-order valence-corrected chi connectivity index (χ4v) is 4.72. The third-order valence-corrected chi connectivity index (χ3v) is 7.19. The van der Waals surface area contributed by atoms with Crippen LogP contribution in [0, 0.1) is 6.92 Å². The quantitative estimate of drug-likeness (QED) is 0.208. The van der Waals surface area contributed by atoms with E-state index in [1.807, 2.05) is 0 Å². The van der Waals surface area contributed by atoms with E-state index in [9.17, 15) is 31.5 Å². The number of likely N-dealkylation sites (tertiary alicyclic amines) is 1. The molecule has 0 radical (unpaired) electrons. The van der Waals surface area contributed by atoms with Gasteiger partial charge in [0.2, 0.25) is 5.91 Å². The number of rotatable bonds is 6. The lowest BCUT2D eigenvalue weighted by atomic mass is 10.0. The summed E-state index contributed by atoms with van der Waals surface area (Å²) in [7, 11) is 0. The molecule has 0 unspecified atom stereocenters. The van der Waals surface area contributed by atoms with Gasteiger partial charge in [-0.3, -0.25) is 14.6 Å². The molecule has 224 valence electrons. The Morgan fingerprint density at radius 2 is 1.84 bits per heavy atom. The number of nitrogens with one attached hydrogen (secondary N) is 1. The largest absolute Gasteiger partial charge is 0.458 e. The monoisotopic (exact) mass is 599 g/mol. The molecule has 3 N–H and O–H groups in total. The molecule has 43 heavy (non-hydrogen) atoms. The predicted molar refractivity (Wildman–Crippen MR) is 149 cm³/mol. The van der Waals surface area contributed by atoms with Crippen LogP contribution in [0.1, 0.15) is 45.7 Å². The molecule has 1 aromatic carbocycles. The van der Waals surface area contributed by atoms with E-state index >= 15 is 0 Å². The van der Waals surface area contributed by atoms with Gasteiger partial charge in [0.15, 0.2) is 0 Å². The minimum atomic E-state index is -4.76. The summed E-state index contributed by atoms with van der Waals surface area (Å²) >= 11 is 0. The summed E-state index contributed by atoms with van der Waals surface area (Å²) in [6, 6.07) is 8.47. The van der Waals surface area contributed by atoms with Gasteiger partial charge < -0.3 is 20.4 Å². The van der Waals surface area contributed by atoms with Crippen molar-refractivity contribution in [2.45, 2.75) is 38.4 Å². The maximum absolute atomic E-state index is 14.1. The molecule has 4 heterocycles. The van der Waals surface area contributed by atoms with E-state index in [0.717, 1.165) is 6.07 Å². The highest BCUT2D eigenvalue weighted by atomic mass is 19.4. The lowest BCUT2D eigenvalue weighted by Crippen LogP contribution is -2.42. The summed E-state index contributed by atoms with van der Waals surface area (Å²) in [6.07, 6.45) is -0.156. The van der Waals surface area contributed by atoms with E-state index in [-0.39, 0.29) is 53.2 Å². The smallest absolute Gasteiger partial charge is 0.420 e. The normalized spacial score (nSPS) is 15.3. The van der Waals surface area contributed by atoms with Crippen LogP contribution in [-0.2, 0) is 17.5 Å². The van der Waals surface area contributed by atoms with Crippen LogP contribution < -0.4 is 11.1 Å². The summed E-state index contributed by atoms with van der Waals surface area (Å²) in [5, 5.41) is 2.79. The number of hydrogen-bond donors (Lipinski definition) is 2. The molecular weight excluding hydrogens is 573 g/mol. The summed E-state index contributed by atoms with van der Waals surface area (Å²) < 4.78 is 74.8. The SMILES string of the molecule is Cc1c(CNC(=O)/C=C/c2ccc(N)nc2)oc2c(C(F)(F)F)cc(-c3ccc(C(=O)N4CCC(F)(F)CC4)cn3)cc12. The zero-order chi connectivity index (χ0) is 30.9. The van der Waals surface area contributed by atoms with Gasteiger partial charge in [0.25, 0.3) is 11.8 Å². The van der Waals surface area contributed by atoms with Crippen molar-refractivity contribution in [3.8, 4) is 11.3 Å². The first-order valence-electron chi connectivity index (χ1n) is 13.2. The molecule has 0 saturated carbocycles. The number of alkyl halides is 5. The first kappa shape index (κ1) is 29.7. The number of amides is 2. The number of nitrogen functional groups attached to an aromatic ring is 1. The Kier molecular flexibility index (Phi) is 7.91. The minimum absolute atomic E-state index is 0.0991. The van der Waals surface area contributed by atoms with Gasteiger partial charge in [-0.1, -0.05) is 0 Å². The van der Waals surface area contributed by atoms with Crippen molar-refractivity contribution < 1.29 is 36.0 Å². The highest BCUT2D eigenvalue weighted by Crippen LogP contribution is 2.40. The van der Waals surface area contributed by atoms with Crippen LogP contribution in [-0.4, -0.2) is 45.7 Å². The third-order valence-electron chi connectivity index (χ3n) is 7.19. The maximum atomic E-state index is 14.1. The molecule has 0 bridgehead atoms. The Morgan fingerprint density at radius 3 is 2.47 bits per heavy atom. The second-order valence-corrected chi connectivity index (χ2v) is 10.2. The van der Waals surface area contributed by atoms with Gasteiger partial charge in [0.05, 0.1) is 23.4 Å². The van der Waals surface area contributed by atoms with Gasteiger partial charge in [0.1, 0.15) is 17.2 Å². The van der Waals surface area contributed by atoms with E-state index in [1.54, 1.807) is 19.1 Å². The number of carbonyl (C=O) groups is 2. The van der Waals surface area contributed by atoms with Crippen molar-refractivity contribution in [2.24, 2.45) is 0 Å². The molecule has 3 aromatic heterocycles. The first-order valence-corrected chi connectivity index (χ1v) is 13.2. The molecular formula is C30H26F5N5O3. The summed E-state index contributed by atoms with van der Waals surface area (Å²) in [5.41, 5.74) is 5.63. The zero-order valence-electron chi connectivity index (χ0n) is 22.8. The topological polar surface area (TPSA) is 114 Å². The number of nitrogens with two attached hydrogens (primary N) is 1. The molecule has 4 aromatic rings. The van der Waals surface area contributed by atoms with Gasteiger partial charge in [0, 0.05) is 60.9 Å². The van der Waals surface area contributed by atoms with E-state index in [1.165, 1.54) is 47.6 Å². The number of furan rings is 1. The van der Waals surface area contributed by atoms with Crippen LogP contribution in [0.15, 0.2) is 59.3 Å². The van der Waals surface area contributed by atoms with E-state index in [2.05, 4.69) is 15.3 Å². The van der Waals surface area contributed by atoms with Crippen LogP contribution in [0.5, 0.6) is 0 Å². The van der Waals surface area contributed by atoms with Crippen LogP contribution in [0.4, 0.5) is 27.8 Å². The van der Waals surface area contributed by atoms with E-state index in [0.29, 0.717) is 16.9 Å². The highest BCUT2D eigenvalue weighted by molar-refractivity contribution is 5.95. The Labute approximate surface area is 242 Å². The molecule has 1 aliphatic rings. The Morgan fingerprint density at radius 1 is 1.09 bits per heavy atom. The molecule has 1 fully saturated rings. The molecule has 1 saturated heterocycles. The van der Waals surface area contributed by atoms with E-state index in [4.69, 9.17) is 10.2 Å². The number of piperidine rings is 1. The maximum Gasteiger partial charge on any atom is 0.420 e. The predicted octanol–water partition coefficient (Wildman–Crippen LogP) is 6.00. The number of anilines is 1. The average molecular weight is 600 g/mol. The number of halogens is 5. The van der Waals surface area contributed by atoms with Gasteiger partial charge in [-0.05, 0) is 55.0 Å². The number of pyridine rings is 2. The fraction of sp³-hybridized carbons (Fsp3) is 0.267. The van der Waals surface area contributed by atoms with Crippen molar-refractivity contribution in [2.75, 3.05) is 18.8 Å². The van der Waals surface area contributed by atoms with Crippen LogP contribution >= 0.6 is 0 Å². The molecule has 5 rings (SSSR count). The average Bonchev–Trinajstić information content (AvgIpc) is 3.29. The van der Waals surface area contributed by atoms with Gasteiger partial charge in [-0.2, -0.15) is 13.2 Å². The van der Waals surface area contributed by atoms with Gasteiger partial charge in [-0.15, -0.1) is 0 Å². The van der Waals surface area contributed by atoms with Crippen molar-refractivity contribution in [1.29, 1.82) is 0 Å². The fourth-order valence-electron chi connectivity index (χ4n) is 4.72. The van der Waals surface area contributed by atoms with Gasteiger partial charge >= 0.3 is 6.18 Å². The summed E-state index contributed by atoms with van der Waals surface area (Å²) in [4.78, 5) is 34.5. The van der Waals surface area contributed by atoms with E-state index < -0.39 is 42.3 Å². The van der Waals surface area contributed by atoms with Crippen molar-refractivity contribution >= 4 is 34.7 Å². The Bertz CT molecular complexity index is 1690. The number of carbonyl (C=O) groups excluding carboxylic acids is 2. The highest BCUT2D eigenvalue weighted by Gasteiger charge is 2.37. The number of nitrogens with zero attached hydrogens (tertiary/aromatic N) is 3. The Hall–Kier alpha value is -4.81.